The molecule has 0 atom stereocenters. The number of anilines is 1. The van der Waals surface area contributed by atoms with Gasteiger partial charge in [-0.3, -0.25) is 0 Å². The second-order valence-corrected chi connectivity index (χ2v) is 8.16. The van der Waals surface area contributed by atoms with Crippen LogP contribution in [0.2, 0.25) is 6.82 Å². The van der Waals surface area contributed by atoms with Crippen LogP contribution in [0.3, 0.4) is 0 Å². The Morgan fingerprint density at radius 3 is 2.07 bits per heavy atom. The molecule has 0 fully saturated rings. The molecule has 150 valence electrons. The van der Waals surface area contributed by atoms with E-state index in [1.807, 2.05) is 42.0 Å². The Hall–Kier alpha value is -2.32. The number of primary sulfonamides is 1. The Kier molecular flexibility index (Phi) is 8.08. The van der Waals surface area contributed by atoms with E-state index < -0.39 is 10.0 Å². The van der Waals surface area contributed by atoms with E-state index in [4.69, 9.17) is 9.89 Å². The minimum Gasteiger partial charge on any atom is -0.438 e. The standard InChI is InChI=1S/C14H14BN3O3S.C6H14/c1-15-18(12-7-9-13(10-8-12)22(16,19)20)14(17-21-15)11-5-3-2-4-6-11;1-3-5-6-4-2/h2-10H,1H3,(H2,16,19,20);3-6H2,1-2H3. The molecule has 0 amide bonds. The van der Waals surface area contributed by atoms with E-state index in [1.165, 1.54) is 37.8 Å². The molecule has 0 bridgehead atoms. The molecular weight excluding hydrogens is 373 g/mol. The van der Waals surface area contributed by atoms with Crippen LogP contribution in [0.1, 0.15) is 45.1 Å². The van der Waals surface area contributed by atoms with Gasteiger partial charge < -0.3 is 9.57 Å². The average molecular weight is 401 g/mol. The highest BCUT2D eigenvalue weighted by Gasteiger charge is 2.34. The number of benzene rings is 2. The first kappa shape index (κ1) is 22.0. The summed E-state index contributed by atoms with van der Waals surface area (Å²) in [6, 6.07) is 15.9. The Bertz CT molecular complexity index is 867. The van der Waals surface area contributed by atoms with Crippen molar-refractivity contribution in [2.45, 2.75) is 51.2 Å². The molecule has 0 spiro atoms. The van der Waals surface area contributed by atoms with Crippen molar-refractivity contribution in [2.75, 3.05) is 4.81 Å². The Labute approximate surface area is 168 Å². The third kappa shape index (κ3) is 5.84. The quantitative estimate of drug-likeness (QED) is 0.580. The van der Waals surface area contributed by atoms with Gasteiger partial charge in [-0.05, 0) is 31.1 Å². The molecule has 0 unspecified atom stereocenters. The minimum absolute atomic E-state index is 0.0715. The average Bonchev–Trinajstić information content (AvgIpc) is 3.08. The summed E-state index contributed by atoms with van der Waals surface area (Å²) in [5.41, 5.74) is 1.70. The fourth-order valence-electron chi connectivity index (χ4n) is 2.80. The molecule has 1 aliphatic heterocycles. The number of rotatable bonds is 6. The predicted molar refractivity (Wildman–Crippen MR) is 116 cm³/mol. The number of unbranched alkanes of at least 4 members (excludes halogenated alkanes) is 3. The first-order valence-corrected chi connectivity index (χ1v) is 11.1. The van der Waals surface area contributed by atoms with Gasteiger partial charge in [-0.15, -0.1) is 0 Å². The van der Waals surface area contributed by atoms with Gasteiger partial charge in [0.25, 0.3) is 0 Å². The summed E-state index contributed by atoms with van der Waals surface area (Å²) in [4.78, 5) is 1.96. The van der Waals surface area contributed by atoms with Crippen LogP contribution >= 0.6 is 0 Å². The van der Waals surface area contributed by atoms with Crippen LogP contribution in [0.25, 0.3) is 0 Å². The molecule has 28 heavy (non-hydrogen) atoms. The highest BCUT2D eigenvalue weighted by molar-refractivity contribution is 7.89. The molecule has 1 aliphatic rings. The van der Waals surface area contributed by atoms with Crippen LogP contribution in [0, 0.1) is 0 Å². The summed E-state index contributed by atoms with van der Waals surface area (Å²) in [7, 11) is -3.98. The van der Waals surface area contributed by atoms with E-state index in [1.54, 1.807) is 12.1 Å². The normalized spacial score (nSPS) is 13.5. The van der Waals surface area contributed by atoms with Crippen LogP contribution < -0.4 is 9.95 Å². The summed E-state index contributed by atoms with van der Waals surface area (Å²) < 4.78 is 28.0. The molecule has 3 rings (SSSR count). The highest BCUT2D eigenvalue weighted by atomic mass is 32.2. The largest absolute Gasteiger partial charge is 0.512 e. The Morgan fingerprint density at radius 2 is 1.57 bits per heavy atom. The van der Waals surface area contributed by atoms with Crippen LogP contribution in [-0.2, 0) is 14.8 Å². The summed E-state index contributed by atoms with van der Waals surface area (Å²) in [5, 5.41) is 9.23. The van der Waals surface area contributed by atoms with Crippen molar-refractivity contribution in [3.63, 3.8) is 0 Å². The SMILES string of the molecule is CB1ON=C(c2ccccc2)N1c1ccc(S(N)(=O)=O)cc1.CCCCCC. The summed E-state index contributed by atoms with van der Waals surface area (Å²) >= 11 is 0. The lowest BCUT2D eigenvalue weighted by molar-refractivity contribution is 0.363. The van der Waals surface area contributed by atoms with Gasteiger partial charge in [0.05, 0.1) is 4.90 Å². The molecule has 0 aromatic heterocycles. The Balaban J connectivity index is 0.000000409. The lowest BCUT2D eigenvalue weighted by Gasteiger charge is -2.21. The third-order valence-electron chi connectivity index (χ3n) is 4.32. The van der Waals surface area contributed by atoms with Gasteiger partial charge in [0.15, 0.2) is 5.84 Å². The molecule has 0 radical (unpaired) electrons. The molecule has 2 aromatic rings. The van der Waals surface area contributed by atoms with E-state index >= 15 is 0 Å². The zero-order valence-corrected chi connectivity index (χ0v) is 17.5. The maximum Gasteiger partial charge on any atom is 0.512 e. The predicted octanol–water partition coefficient (Wildman–Crippen LogP) is 4.24. The van der Waals surface area contributed by atoms with E-state index in [0.29, 0.717) is 5.84 Å². The molecule has 0 saturated heterocycles. The number of amidine groups is 1. The third-order valence-corrected chi connectivity index (χ3v) is 5.25. The minimum atomic E-state index is -3.70. The monoisotopic (exact) mass is 401 g/mol. The number of oxime groups is 1. The van der Waals surface area contributed by atoms with Crippen LogP contribution in [0.5, 0.6) is 0 Å². The van der Waals surface area contributed by atoms with E-state index in [0.717, 1.165) is 11.3 Å². The maximum absolute atomic E-state index is 11.3. The van der Waals surface area contributed by atoms with Crippen LogP contribution in [-0.4, -0.2) is 21.3 Å². The van der Waals surface area contributed by atoms with Crippen molar-refractivity contribution < 1.29 is 13.2 Å². The second kappa shape index (κ2) is 10.3. The number of nitrogens with zero attached hydrogens (tertiary/aromatic N) is 2. The van der Waals surface area contributed by atoms with Crippen molar-refractivity contribution in [3.05, 3.63) is 60.2 Å². The fraction of sp³-hybridized carbons (Fsp3) is 0.350. The molecule has 0 saturated carbocycles. The number of nitrogens with two attached hydrogens (primary N) is 1. The van der Waals surface area contributed by atoms with Crippen molar-refractivity contribution in [1.29, 1.82) is 0 Å². The van der Waals surface area contributed by atoms with Crippen molar-refractivity contribution in [2.24, 2.45) is 10.3 Å². The zero-order chi connectivity index (χ0) is 20.6. The summed E-state index contributed by atoms with van der Waals surface area (Å²) in [5.74, 6) is 0.677. The molecule has 6 nitrogen and oxygen atoms in total. The van der Waals surface area contributed by atoms with Gasteiger partial charge in [-0.2, -0.15) is 0 Å². The van der Waals surface area contributed by atoms with Crippen LogP contribution in [0.15, 0.2) is 64.6 Å². The smallest absolute Gasteiger partial charge is 0.438 e. The molecule has 8 heteroatoms. The van der Waals surface area contributed by atoms with Gasteiger partial charge >= 0.3 is 7.05 Å². The first-order valence-electron chi connectivity index (χ1n) is 9.59. The van der Waals surface area contributed by atoms with Crippen molar-refractivity contribution in [3.8, 4) is 0 Å². The summed E-state index contributed by atoms with van der Waals surface area (Å²) in [6.45, 7) is 6.33. The number of hydrogen-bond donors (Lipinski definition) is 1. The van der Waals surface area contributed by atoms with Gasteiger partial charge in [0, 0.05) is 11.3 Å². The molecule has 2 N–H and O–H groups in total. The van der Waals surface area contributed by atoms with Gasteiger partial charge in [0.1, 0.15) is 0 Å². The number of hydrogen-bond acceptors (Lipinski definition) is 5. The number of sulfonamides is 1. The van der Waals surface area contributed by atoms with E-state index in [-0.39, 0.29) is 11.9 Å². The second-order valence-electron chi connectivity index (χ2n) is 6.60. The van der Waals surface area contributed by atoms with Crippen molar-refractivity contribution in [1.82, 2.24) is 0 Å². The van der Waals surface area contributed by atoms with Gasteiger partial charge in [-0.25, -0.2) is 13.6 Å². The van der Waals surface area contributed by atoms with Gasteiger partial charge in [-0.1, -0.05) is 75.0 Å². The van der Waals surface area contributed by atoms with Crippen molar-refractivity contribution >= 4 is 28.6 Å². The molecule has 1 heterocycles. The zero-order valence-electron chi connectivity index (χ0n) is 16.7. The maximum atomic E-state index is 11.3. The first-order chi connectivity index (χ1) is 13.4. The topological polar surface area (TPSA) is 85.0 Å². The Morgan fingerprint density at radius 1 is 1.00 bits per heavy atom. The van der Waals surface area contributed by atoms with E-state index in [2.05, 4.69) is 19.0 Å². The van der Waals surface area contributed by atoms with E-state index in [9.17, 15) is 8.42 Å². The van der Waals surface area contributed by atoms with Gasteiger partial charge in [0.2, 0.25) is 10.0 Å². The van der Waals surface area contributed by atoms with Crippen LogP contribution in [0.4, 0.5) is 5.69 Å². The summed E-state index contributed by atoms with van der Waals surface area (Å²) in [6.07, 6.45) is 5.54. The molecule has 0 aliphatic carbocycles. The highest BCUT2D eigenvalue weighted by Crippen LogP contribution is 2.25. The molecule has 2 aromatic carbocycles. The lowest BCUT2D eigenvalue weighted by Crippen LogP contribution is -2.38. The fourth-order valence-corrected chi connectivity index (χ4v) is 3.31. The lowest BCUT2D eigenvalue weighted by atomic mass is 9.83. The molecular formula is C20H28BN3O3S.